The van der Waals surface area contributed by atoms with Crippen molar-refractivity contribution in [3.8, 4) is 11.5 Å². The van der Waals surface area contributed by atoms with E-state index in [1.807, 2.05) is 49.4 Å². The molecule has 0 aliphatic carbocycles. The summed E-state index contributed by atoms with van der Waals surface area (Å²) < 4.78 is 10.5. The van der Waals surface area contributed by atoms with E-state index in [2.05, 4.69) is 17.6 Å². The average Bonchev–Trinajstić information content (AvgIpc) is 2.55. The summed E-state index contributed by atoms with van der Waals surface area (Å²) in [5.41, 5.74) is 3.12. The van der Waals surface area contributed by atoms with E-state index in [1.54, 1.807) is 14.2 Å². The molecule has 2 aromatic carbocycles. The van der Waals surface area contributed by atoms with Gasteiger partial charge in [0.05, 0.1) is 25.9 Å². The number of benzene rings is 2. The van der Waals surface area contributed by atoms with Crippen molar-refractivity contribution in [1.82, 2.24) is 5.32 Å². The van der Waals surface area contributed by atoms with Crippen molar-refractivity contribution < 1.29 is 9.47 Å². The second kappa shape index (κ2) is 7.83. The van der Waals surface area contributed by atoms with E-state index in [1.165, 1.54) is 0 Å². The van der Waals surface area contributed by atoms with Gasteiger partial charge in [0, 0.05) is 0 Å². The summed E-state index contributed by atoms with van der Waals surface area (Å²) in [5, 5.41) is 7.03. The van der Waals surface area contributed by atoms with Gasteiger partial charge in [0.2, 0.25) is 0 Å². The highest BCUT2D eigenvalue weighted by Crippen LogP contribution is 2.25. The van der Waals surface area contributed by atoms with Crippen LogP contribution in [0.25, 0.3) is 0 Å². The molecule has 0 saturated heterocycles. The lowest BCUT2D eigenvalue weighted by molar-refractivity contribution is 0.414. The standard InChI is InChI=1S/C18H22N2O2S/c1-12-5-10-17(22-4)16(11-12)20-18(23)19-13(2)14-6-8-15(21-3)9-7-14/h5-11,13H,1-4H3,(H2,19,20,23). The fraction of sp³-hybridized carbons (Fsp3) is 0.278. The first-order chi connectivity index (χ1) is 11.0. The second-order valence-electron chi connectivity index (χ2n) is 5.30. The molecule has 0 saturated carbocycles. The second-order valence-corrected chi connectivity index (χ2v) is 5.71. The Labute approximate surface area is 142 Å². The molecule has 0 aromatic heterocycles. The summed E-state index contributed by atoms with van der Waals surface area (Å²) in [6.45, 7) is 4.09. The Morgan fingerprint density at radius 2 is 1.74 bits per heavy atom. The van der Waals surface area contributed by atoms with Crippen molar-refractivity contribution in [2.75, 3.05) is 19.5 Å². The van der Waals surface area contributed by atoms with Crippen LogP contribution < -0.4 is 20.1 Å². The zero-order valence-corrected chi connectivity index (χ0v) is 14.7. The third-order valence-electron chi connectivity index (χ3n) is 3.57. The van der Waals surface area contributed by atoms with Gasteiger partial charge >= 0.3 is 0 Å². The largest absolute Gasteiger partial charge is 0.497 e. The van der Waals surface area contributed by atoms with Gasteiger partial charge in [0.1, 0.15) is 11.5 Å². The molecule has 0 fully saturated rings. The lowest BCUT2D eigenvalue weighted by Gasteiger charge is -2.19. The molecule has 0 amide bonds. The molecule has 1 unspecified atom stereocenters. The predicted octanol–water partition coefficient (Wildman–Crippen LogP) is 4.06. The molecular weight excluding hydrogens is 308 g/mol. The number of thiocarbonyl (C=S) groups is 1. The van der Waals surface area contributed by atoms with Crippen LogP contribution in [0, 0.1) is 6.92 Å². The van der Waals surface area contributed by atoms with Crippen LogP contribution in [0.1, 0.15) is 24.1 Å². The fourth-order valence-corrected chi connectivity index (χ4v) is 2.54. The van der Waals surface area contributed by atoms with Crippen LogP contribution in [0.4, 0.5) is 5.69 Å². The Bertz CT molecular complexity index is 671. The highest BCUT2D eigenvalue weighted by Gasteiger charge is 2.09. The summed E-state index contributed by atoms with van der Waals surface area (Å²) in [6, 6.07) is 13.9. The number of nitrogens with one attached hydrogen (secondary N) is 2. The third kappa shape index (κ3) is 4.60. The predicted molar refractivity (Wildman–Crippen MR) is 98.5 cm³/mol. The molecule has 4 nitrogen and oxygen atoms in total. The van der Waals surface area contributed by atoms with Crippen molar-refractivity contribution in [2.45, 2.75) is 19.9 Å². The average molecular weight is 330 g/mol. The first-order valence-electron chi connectivity index (χ1n) is 7.39. The van der Waals surface area contributed by atoms with E-state index in [0.29, 0.717) is 5.11 Å². The van der Waals surface area contributed by atoms with E-state index in [-0.39, 0.29) is 6.04 Å². The summed E-state index contributed by atoms with van der Waals surface area (Å²) in [5.74, 6) is 1.60. The van der Waals surface area contributed by atoms with Gasteiger partial charge in [-0.2, -0.15) is 0 Å². The number of ether oxygens (including phenoxy) is 2. The molecule has 2 N–H and O–H groups in total. The monoisotopic (exact) mass is 330 g/mol. The number of rotatable bonds is 5. The Kier molecular flexibility index (Phi) is 5.82. The zero-order chi connectivity index (χ0) is 16.8. The fourth-order valence-electron chi connectivity index (χ4n) is 2.25. The van der Waals surface area contributed by atoms with Crippen molar-refractivity contribution >= 4 is 23.0 Å². The summed E-state index contributed by atoms with van der Waals surface area (Å²) in [7, 11) is 3.30. The van der Waals surface area contributed by atoms with E-state index in [0.717, 1.165) is 28.3 Å². The number of aryl methyl sites for hydroxylation is 1. The first kappa shape index (κ1) is 17.1. The molecule has 122 valence electrons. The van der Waals surface area contributed by atoms with Crippen molar-refractivity contribution in [2.24, 2.45) is 0 Å². The number of hydrogen-bond donors (Lipinski definition) is 2. The molecule has 0 spiro atoms. The van der Waals surface area contributed by atoms with Crippen LogP contribution in [-0.2, 0) is 0 Å². The van der Waals surface area contributed by atoms with Crippen LogP contribution in [-0.4, -0.2) is 19.3 Å². The Morgan fingerprint density at radius 3 is 2.35 bits per heavy atom. The third-order valence-corrected chi connectivity index (χ3v) is 3.79. The van der Waals surface area contributed by atoms with Gasteiger partial charge in [-0.3, -0.25) is 0 Å². The molecule has 1 atom stereocenters. The Balaban J connectivity index is 2.02. The zero-order valence-electron chi connectivity index (χ0n) is 13.8. The van der Waals surface area contributed by atoms with Gasteiger partial charge in [-0.1, -0.05) is 18.2 Å². The van der Waals surface area contributed by atoms with Gasteiger partial charge < -0.3 is 20.1 Å². The van der Waals surface area contributed by atoms with E-state index >= 15 is 0 Å². The van der Waals surface area contributed by atoms with E-state index in [9.17, 15) is 0 Å². The molecule has 0 aliphatic heterocycles. The topological polar surface area (TPSA) is 42.5 Å². The highest BCUT2D eigenvalue weighted by molar-refractivity contribution is 7.80. The maximum absolute atomic E-state index is 5.41. The quantitative estimate of drug-likeness (QED) is 0.809. The van der Waals surface area contributed by atoms with Gasteiger partial charge in [0.15, 0.2) is 5.11 Å². The minimum absolute atomic E-state index is 0.0803. The molecule has 0 aliphatic rings. The van der Waals surface area contributed by atoms with Crippen molar-refractivity contribution in [3.63, 3.8) is 0 Å². The molecule has 0 radical (unpaired) electrons. The lowest BCUT2D eigenvalue weighted by atomic mass is 10.1. The molecule has 2 aromatic rings. The van der Waals surface area contributed by atoms with Gasteiger partial charge in [-0.25, -0.2) is 0 Å². The molecular formula is C18H22N2O2S. The van der Waals surface area contributed by atoms with Gasteiger partial charge in [0.25, 0.3) is 0 Å². The van der Waals surface area contributed by atoms with Crippen molar-refractivity contribution in [3.05, 3.63) is 53.6 Å². The maximum Gasteiger partial charge on any atom is 0.171 e. The minimum Gasteiger partial charge on any atom is -0.497 e. The molecule has 23 heavy (non-hydrogen) atoms. The summed E-state index contributed by atoms with van der Waals surface area (Å²) in [6.07, 6.45) is 0. The van der Waals surface area contributed by atoms with E-state index < -0.39 is 0 Å². The Hall–Kier alpha value is -2.27. The molecule has 5 heteroatoms. The van der Waals surface area contributed by atoms with Gasteiger partial charge in [-0.15, -0.1) is 0 Å². The lowest BCUT2D eigenvalue weighted by Crippen LogP contribution is -2.31. The normalized spacial score (nSPS) is 11.5. The van der Waals surface area contributed by atoms with Crippen LogP contribution >= 0.6 is 12.2 Å². The smallest absolute Gasteiger partial charge is 0.171 e. The summed E-state index contributed by atoms with van der Waals surface area (Å²) >= 11 is 5.41. The highest BCUT2D eigenvalue weighted by atomic mass is 32.1. The molecule has 0 heterocycles. The van der Waals surface area contributed by atoms with E-state index in [4.69, 9.17) is 21.7 Å². The van der Waals surface area contributed by atoms with Crippen molar-refractivity contribution in [1.29, 1.82) is 0 Å². The minimum atomic E-state index is 0.0803. The maximum atomic E-state index is 5.41. The number of anilines is 1. The Morgan fingerprint density at radius 1 is 1.04 bits per heavy atom. The van der Waals surface area contributed by atoms with Crippen LogP contribution in [0.3, 0.4) is 0 Å². The SMILES string of the molecule is COc1ccc(C(C)NC(=S)Nc2cc(C)ccc2OC)cc1. The summed E-state index contributed by atoms with van der Waals surface area (Å²) in [4.78, 5) is 0. The molecule has 0 bridgehead atoms. The molecule has 2 rings (SSSR count). The number of hydrogen-bond acceptors (Lipinski definition) is 3. The van der Waals surface area contributed by atoms with Gasteiger partial charge in [-0.05, 0) is 61.5 Å². The van der Waals surface area contributed by atoms with Crippen LogP contribution in [0.15, 0.2) is 42.5 Å². The first-order valence-corrected chi connectivity index (χ1v) is 7.80. The van der Waals surface area contributed by atoms with Crippen LogP contribution in [0.5, 0.6) is 11.5 Å². The van der Waals surface area contributed by atoms with Crippen LogP contribution in [0.2, 0.25) is 0 Å². The number of methoxy groups -OCH3 is 2.